The first-order valence-corrected chi connectivity index (χ1v) is 11.1. The van der Waals surface area contributed by atoms with Crippen LogP contribution >= 0.6 is 11.6 Å². The molecule has 13 heteroatoms. The lowest BCUT2D eigenvalue weighted by molar-refractivity contribution is -0.152. The second-order valence-electron chi connectivity index (χ2n) is 6.63. The highest BCUT2D eigenvalue weighted by atomic mass is 35.5. The van der Waals surface area contributed by atoms with E-state index in [2.05, 4.69) is 10.3 Å². The molecule has 1 N–H and O–H groups in total. The Balaban J connectivity index is 1.69. The molecule has 3 rings (SSSR count). The third-order valence-corrected chi connectivity index (χ3v) is 5.64. The topological polar surface area (TPSA) is 107 Å². The Morgan fingerprint density at radius 1 is 1.19 bits per heavy atom. The summed E-state index contributed by atoms with van der Waals surface area (Å²) in [7, 11) is -3.56. The molecular weight excluding hydrogens is 475 g/mol. The van der Waals surface area contributed by atoms with Crippen LogP contribution in [0.2, 0.25) is 5.02 Å². The number of nitrogens with one attached hydrogen (secondary N) is 1. The van der Waals surface area contributed by atoms with Crippen LogP contribution < -0.4 is 5.32 Å². The molecule has 0 saturated heterocycles. The van der Waals surface area contributed by atoms with Crippen molar-refractivity contribution in [3.05, 3.63) is 53.3 Å². The summed E-state index contributed by atoms with van der Waals surface area (Å²) in [5, 5.41) is 2.33. The van der Waals surface area contributed by atoms with E-state index in [0.29, 0.717) is 4.57 Å². The zero-order chi connectivity index (χ0) is 23.7. The highest BCUT2D eigenvalue weighted by molar-refractivity contribution is 7.90. The Hall–Kier alpha value is -3.12. The van der Waals surface area contributed by atoms with E-state index in [4.69, 9.17) is 16.3 Å². The lowest BCUT2D eigenvalue weighted by Gasteiger charge is -2.12. The van der Waals surface area contributed by atoms with Gasteiger partial charge in [0.25, 0.3) is 5.91 Å². The Bertz CT molecular complexity index is 1310. The molecule has 2 aromatic carbocycles. The lowest BCUT2D eigenvalue weighted by atomic mass is 10.3. The third-order valence-electron chi connectivity index (χ3n) is 4.20. The number of halogens is 4. The zero-order valence-corrected chi connectivity index (χ0v) is 17.9. The summed E-state index contributed by atoms with van der Waals surface area (Å²) in [6.07, 6.45) is -3.84. The van der Waals surface area contributed by atoms with E-state index in [1.165, 1.54) is 36.4 Å². The van der Waals surface area contributed by atoms with Crippen molar-refractivity contribution >= 4 is 50.0 Å². The fourth-order valence-corrected chi connectivity index (χ4v) is 3.60. The number of esters is 1. The molecule has 1 amide bonds. The number of fused-ring (bicyclic) bond motifs is 1. The van der Waals surface area contributed by atoms with Gasteiger partial charge in [0.1, 0.15) is 6.54 Å². The van der Waals surface area contributed by atoms with Gasteiger partial charge >= 0.3 is 12.1 Å². The highest BCUT2D eigenvalue weighted by Gasteiger charge is 2.38. The van der Waals surface area contributed by atoms with Crippen LogP contribution in [0.25, 0.3) is 11.0 Å². The van der Waals surface area contributed by atoms with Crippen LogP contribution in [0.4, 0.5) is 18.9 Å². The molecule has 0 aliphatic rings. The van der Waals surface area contributed by atoms with Crippen LogP contribution in [-0.2, 0) is 36.9 Å². The van der Waals surface area contributed by atoms with Crippen molar-refractivity contribution in [1.82, 2.24) is 9.55 Å². The number of amides is 1. The summed E-state index contributed by atoms with van der Waals surface area (Å²) in [6.45, 7) is -1.65. The number of imidazole rings is 1. The van der Waals surface area contributed by atoms with Crippen LogP contribution in [0, 0.1) is 0 Å². The molecule has 1 heterocycles. The number of carbonyl (C=O) groups is 2. The predicted octanol–water partition coefficient (Wildman–Crippen LogP) is 3.29. The smallest absolute Gasteiger partial charge is 0.449 e. The Morgan fingerprint density at radius 2 is 1.88 bits per heavy atom. The molecule has 170 valence electrons. The molecule has 0 aliphatic heterocycles. The minimum atomic E-state index is -4.81. The van der Waals surface area contributed by atoms with Gasteiger partial charge in [0, 0.05) is 6.26 Å². The van der Waals surface area contributed by atoms with Gasteiger partial charge in [0.2, 0.25) is 5.82 Å². The predicted molar refractivity (Wildman–Crippen MR) is 109 cm³/mol. The summed E-state index contributed by atoms with van der Waals surface area (Å²) < 4.78 is 68.6. The van der Waals surface area contributed by atoms with Gasteiger partial charge in [-0.2, -0.15) is 13.2 Å². The van der Waals surface area contributed by atoms with Gasteiger partial charge < -0.3 is 14.6 Å². The van der Waals surface area contributed by atoms with Gasteiger partial charge in [-0.15, -0.1) is 0 Å². The van der Waals surface area contributed by atoms with E-state index in [-0.39, 0.29) is 26.6 Å². The quantitative estimate of drug-likeness (QED) is 0.532. The maximum atomic E-state index is 13.3. The summed E-state index contributed by atoms with van der Waals surface area (Å²) in [4.78, 5) is 27.6. The van der Waals surface area contributed by atoms with Crippen molar-refractivity contribution in [2.24, 2.45) is 0 Å². The first kappa shape index (κ1) is 23.5. The average molecular weight is 490 g/mol. The van der Waals surface area contributed by atoms with Crippen molar-refractivity contribution in [3.63, 3.8) is 0 Å². The highest BCUT2D eigenvalue weighted by Crippen LogP contribution is 2.31. The summed E-state index contributed by atoms with van der Waals surface area (Å²) in [6, 6.07) is 9.39. The number of benzene rings is 2. The molecule has 0 atom stereocenters. The summed E-state index contributed by atoms with van der Waals surface area (Å²) in [5.41, 5.74) is 0.0898. The Labute approximate surface area is 184 Å². The first-order valence-electron chi connectivity index (χ1n) is 8.84. The standard InChI is InChI=1S/C19H15ClF3N3O5S/c1-32(29,30)11-6-7-12(20)14(8-11)24-16(27)10-31-17(28)9-26-15-5-3-2-4-13(15)25-18(26)19(21,22)23/h2-8H,9-10H2,1H3,(H,24,27). The van der Waals surface area contributed by atoms with Gasteiger partial charge in [-0.25, -0.2) is 13.4 Å². The first-order chi connectivity index (χ1) is 14.9. The van der Waals surface area contributed by atoms with E-state index in [0.717, 1.165) is 12.3 Å². The lowest BCUT2D eigenvalue weighted by Crippen LogP contribution is -2.25. The molecule has 0 aliphatic carbocycles. The number of rotatable bonds is 6. The second kappa shape index (κ2) is 8.79. The molecule has 32 heavy (non-hydrogen) atoms. The van der Waals surface area contributed by atoms with Gasteiger partial charge in [-0.1, -0.05) is 23.7 Å². The number of hydrogen-bond donors (Lipinski definition) is 1. The normalized spacial score (nSPS) is 12.0. The van der Waals surface area contributed by atoms with Gasteiger partial charge in [0.05, 0.1) is 26.6 Å². The molecule has 1 aromatic heterocycles. The Morgan fingerprint density at radius 3 is 2.53 bits per heavy atom. The van der Waals surface area contributed by atoms with Crippen molar-refractivity contribution < 1.29 is 35.9 Å². The molecule has 3 aromatic rings. The van der Waals surface area contributed by atoms with Crippen molar-refractivity contribution in [2.75, 3.05) is 18.2 Å². The molecule has 0 spiro atoms. The monoisotopic (exact) mass is 489 g/mol. The van der Waals surface area contributed by atoms with E-state index >= 15 is 0 Å². The van der Waals surface area contributed by atoms with Gasteiger partial charge in [-0.3, -0.25) is 9.59 Å². The van der Waals surface area contributed by atoms with Gasteiger partial charge in [-0.05, 0) is 30.3 Å². The fourth-order valence-electron chi connectivity index (χ4n) is 2.79. The maximum absolute atomic E-state index is 13.3. The van der Waals surface area contributed by atoms with E-state index < -0.39 is 46.9 Å². The SMILES string of the molecule is CS(=O)(=O)c1ccc(Cl)c(NC(=O)COC(=O)Cn2c(C(F)(F)F)nc3ccccc32)c1. The number of anilines is 1. The molecule has 0 radical (unpaired) electrons. The van der Waals surface area contributed by atoms with Crippen LogP contribution in [-0.4, -0.2) is 42.7 Å². The van der Waals surface area contributed by atoms with Gasteiger partial charge in [0.15, 0.2) is 16.4 Å². The minimum absolute atomic E-state index is 0.0319. The number of ether oxygens (including phenoxy) is 1. The van der Waals surface area contributed by atoms with Crippen LogP contribution in [0.1, 0.15) is 5.82 Å². The molecular formula is C19H15ClF3N3O5S. The van der Waals surface area contributed by atoms with E-state index in [9.17, 15) is 31.2 Å². The van der Waals surface area contributed by atoms with Crippen LogP contribution in [0.5, 0.6) is 0 Å². The molecule has 0 bridgehead atoms. The fraction of sp³-hybridized carbons (Fsp3) is 0.211. The maximum Gasteiger partial charge on any atom is 0.449 e. The summed E-state index contributed by atoms with van der Waals surface area (Å²) in [5.74, 6) is -3.24. The number of alkyl halides is 3. The number of para-hydroxylation sites is 2. The van der Waals surface area contributed by atoms with E-state index in [1.807, 2.05) is 0 Å². The largest absolute Gasteiger partial charge is 0.454 e. The average Bonchev–Trinajstić information content (AvgIpc) is 3.06. The number of nitrogens with zero attached hydrogens (tertiary/aromatic N) is 2. The Kier molecular flexibility index (Phi) is 6.46. The number of carbonyl (C=O) groups excluding carboxylic acids is 2. The molecule has 0 unspecified atom stereocenters. The number of sulfone groups is 1. The van der Waals surface area contributed by atoms with Crippen molar-refractivity contribution in [1.29, 1.82) is 0 Å². The summed E-state index contributed by atoms with van der Waals surface area (Å²) >= 11 is 5.93. The zero-order valence-electron chi connectivity index (χ0n) is 16.3. The number of aromatic nitrogens is 2. The second-order valence-corrected chi connectivity index (χ2v) is 9.05. The molecule has 8 nitrogen and oxygen atoms in total. The minimum Gasteiger partial charge on any atom is -0.454 e. The molecule has 0 saturated carbocycles. The van der Waals surface area contributed by atoms with Crippen LogP contribution in [0.3, 0.4) is 0 Å². The number of hydrogen-bond acceptors (Lipinski definition) is 6. The van der Waals surface area contributed by atoms with Crippen molar-refractivity contribution in [2.45, 2.75) is 17.6 Å². The van der Waals surface area contributed by atoms with E-state index in [1.54, 1.807) is 0 Å². The third kappa shape index (κ3) is 5.37. The molecule has 0 fully saturated rings. The van der Waals surface area contributed by atoms with Crippen LogP contribution in [0.15, 0.2) is 47.4 Å². The van der Waals surface area contributed by atoms with Crippen molar-refractivity contribution in [3.8, 4) is 0 Å².